The van der Waals surface area contributed by atoms with Crippen LogP contribution >= 0.6 is 11.6 Å². The summed E-state index contributed by atoms with van der Waals surface area (Å²) in [7, 11) is 0. The number of ether oxygens (including phenoxy) is 1. The van der Waals surface area contributed by atoms with Crippen molar-refractivity contribution in [3.8, 4) is 11.5 Å². The quantitative estimate of drug-likeness (QED) is 0.481. The molecule has 6 nitrogen and oxygen atoms in total. The van der Waals surface area contributed by atoms with E-state index in [9.17, 15) is 10.1 Å². The standard InChI is InChI=1S/C19H16ClN3O3/c20-16-5-8-19(18(10-16)23(24)25)26-17-6-3-14(4-7-17)11-22-13-15-2-1-9-21-12-15/h1-10,12,22H,11,13H2. The van der Waals surface area contributed by atoms with E-state index in [1.807, 2.05) is 30.5 Å². The molecule has 132 valence electrons. The van der Waals surface area contributed by atoms with Crippen LogP contribution in [-0.2, 0) is 13.1 Å². The van der Waals surface area contributed by atoms with Crippen LogP contribution in [-0.4, -0.2) is 9.91 Å². The molecule has 0 radical (unpaired) electrons. The minimum atomic E-state index is -0.516. The fourth-order valence-corrected chi connectivity index (χ4v) is 2.54. The van der Waals surface area contributed by atoms with E-state index in [0.717, 1.165) is 17.7 Å². The van der Waals surface area contributed by atoms with Gasteiger partial charge in [-0.25, -0.2) is 0 Å². The van der Waals surface area contributed by atoms with Gasteiger partial charge in [0.15, 0.2) is 0 Å². The van der Waals surface area contributed by atoms with Crippen LogP contribution in [0.1, 0.15) is 11.1 Å². The van der Waals surface area contributed by atoms with Crippen molar-refractivity contribution < 1.29 is 9.66 Å². The van der Waals surface area contributed by atoms with Crippen molar-refractivity contribution in [1.29, 1.82) is 0 Å². The Morgan fingerprint density at radius 2 is 1.85 bits per heavy atom. The number of nitrogens with zero attached hydrogens (tertiary/aromatic N) is 2. The van der Waals surface area contributed by atoms with Crippen LogP contribution in [0.4, 0.5) is 5.69 Å². The third-order valence-electron chi connectivity index (χ3n) is 3.65. The van der Waals surface area contributed by atoms with E-state index in [4.69, 9.17) is 16.3 Å². The van der Waals surface area contributed by atoms with Crippen molar-refractivity contribution in [3.63, 3.8) is 0 Å². The molecule has 3 rings (SSSR count). The van der Waals surface area contributed by atoms with Gasteiger partial charge in [-0.05, 0) is 41.5 Å². The molecule has 7 heteroatoms. The Morgan fingerprint density at radius 3 is 2.54 bits per heavy atom. The van der Waals surface area contributed by atoms with Crippen LogP contribution in [0.3, 0.4) is 0 Å². The number of hydrogen-bond donors (Lipinski definition) is 1. The summed E-state index contributed by atoms with van der Waals surface area (Å²) < 4.78 is 5.63. The Kier molecular flexibility index (Phi) is 5.78. The maximum atomic E-state index is 11.1. The number of rotatable bonds is 7. The highest BCUT2D eigenvalue weighted by Crippen LogP contribution is 2.33. The molecular weight excluding hydrogens is 354 g/mol. The summed E-state index contributed by atoms with van der Waals surface area (Å²) in [6.07, 6.45) is 3.57. The predicted molar refractivity (Wildman–Crippen MR) is 99.4 cm³/mol. The first-order chi connectivity index (χ1) is 12.6. The van der Waals surface area contributed by atoms with Crippen LogP contribution in [0.2, 0.25) is 5.02 Å². The summed E-state index contributed by atoms with van der Waals surface area (Å²) in [5.41, 5.74) is 2.02. The van der Waals surface area contributed by atoms with Gasteiger partial charge in [0.1, 0.15) is 5.75 Å². The van der Waals surface area contributed by atoms with Gasteiger partial charge in [0.25, 0.3) is 0 Å². The third kappa shape index (κ3) is 4.78. The second-order valence-corrected chi connectivity index (χ2v) is 6.02. The lowest BCUT2D eigenvalue weighted by Gasteiger charge is -2.08. The molecule has 0 aliphatic rings. The number of nitro benzene ring substituents is 1. The predicted octanol–water partition coefficient (Wildman–Crippen LogP) is 4.73. The number of hydrogen-bond acceptors (Lipinski definition) is 5. The molecule has 0 aliphatic carbocycles. The second kappa shape index (κ2) is 8.42. The monoisotopic (exact) mass is 369 g/mol. The normalized spacial score (nSPS) is 10.5. The summed E-state index contributed by atoms with van der Waals surface area (Å²) in [6, 6.07) is 15.6. The second-order valence-electron chi connectivity index (χ2n) is 5.58. The third-order valence-corrected chi connectivity index (χ3v) is 3.88. The summed E-state index contributed by atoms with van der Waals surface area (Å²) in [5.74, 6) is 0.674. The molecule has 0 saturated heterocycles. The van der Waals surface area contributed by atoms with Crippen molar-refractivity contribution in [2.24, 2.45) is 0 Å². The number of benzene rings is 2. The number of nitro groups is 1. The van der Waals surface area contributed by atoms with E-state index in [1.165, 1.54) is 12.1 Å². The minimum Gasteiger partial charge on any atom is -0.450 e. The lowest BCUT2D eigenvalue weighted by atomic mass is 10.2. The molecule has 0 fully saturated rings. The first-order valence-corrected chi connectivity index (χ1v) is 8.30. The lowest BCUT2D eigenvalue weighted by molar-refractivity contribution is -0.385. The van der Waals surface area contributed by atoms with Gasteiger partial charge in [-0.2, -0.15) is 0 Å². The van der Waals surface area contributed by atoms with E-state index < -0.39 is 4.92 Å². The summed E-state index contributed by atoms with van der Waals surface area (Å²) >= 11 is 5.81. The van der Waals surface area contributed by atoms with E-state index in [1.54, 1.807) is 24.4 Å². The molecule has 0 spiro atoms. The summed E-state index contributed by atoms with van der Waals surface area (Å²) in [4.78, 5) is 14.7. The van der Waals surface area contributed by atoms with Crippen LogP contribution in [0.5, 0.6) is 11.5 Å². The molecule has 1 N–H and O–H groups in total. The van der Waals surface area contributed by atoms with Crippen molar-refractivity contribution in [1.82, 2.24) is 10.3 Å². The summed E-state index contributed by atoms with van der Waals surface area (Å²) in [6.45, 7) is 1.42. The molecule has 0 bridgehead atoms. The molecule has 0 saturated carbocycles. The average molecular weight is 370 g/mol. The molecule has 26 heavy (non-hydrogen) atoms. The molecule has 0 atom stereocenters. The molecule has 0 unspecified atom stereocenters. The first kappa shape index (κ1) is 17.8. The smallest absolute Gasteiger partial charge is 0.313 e. The lowest BCUT2D eigenvalue weighted by Crippen LogP contribution is -2.12. The van der Waals surface area contributed by atoms with Crippen LogP contribution in [0.25, 0.3) is 0 Å². The Hall–Kier alpha value is -2.96. The maximum Gasteiger partial charge on any atom is 0.313 e. The highest BCUT2D eigenvalue weighted by atomic mass is 35.5. The minimum absolute atomic E-state index is 0.154. The molecule has 0 amide bonds. The Balaban J connectivity index is 1.60. The number of nitrogens with one attached hydrogen (secondary N) is 1. The summed E-state index contributed by atoms with van der Waals surface area (Å²) in [5, 5.41) is 14.7. The fraction of sp³-hybridized carbons (Fsp3) is 0.105. The van der Waals surface area contributed by atoms with Crippen LogP contribution in [0.15, 0.2) is 67.0 Å². The van der Waals surface area contributed by atoms with E-state index in [2.05, 4.69) is 10.3 Å². The van der Waals surface area contributed by atoms with Crippen LogP contribution < -0.4 is 10.1 Å². The zero-order chi connectivity index (χ0) is 18.4. The Bertz CT molecular complexity index is 886. The Morgan fingerprint density at radius 1 is 1.08 bits per heavy atom. The molecule has 1 heterocycles. The van der Waals surface area contributed by atoms with Gasteiger partial charge in [0.2, 0.25) is 5.75 Å². The molecule has 1 aromatic heterocycles. The topological polar surface area (TPSA) is 77.3 Å². The fourth-order valence-electron chi connectivity index (χ4n) is 2.38. The van der Waals surface area contributed by atoms with Crippen LogP contribution in [0, 0.1) is 10.1 Å². The van der Waals surface area contributed by atoms with E-state index >= 15 is 0 Å². The average Bonchev–Trinajstić information content (AvgIpc) is 2.65. The highest BCUT2D eigenvalue weighted by molar-refractivity contribution is 6.30. The molecule has 2 aromatic carbocycles. The molecule has 3 aromatic rings. The first-order valence-electron chi connectivity index (χ1n) is 7.92. The van der Waals surface area contributed by atoms with Gasteiger partial charge in [0.05, 0.1) is 4.92 Å². The van der Waals surface area contributed by atoms with Gasteiger partial charge < -0.3 is 10.1 Å². The zero-order valence-electron chi connectivity index (χ0n) is 13.8. The molecule has 0 aliphatic heterocycles. The SMILES string of the molecule is O=[N+]([O-])c1cc(Cl)ccc1Oc1ccc(CNCc2cccnc2)cc1. The van der Waals surface area contributed by atoms with Gasteiger partial charge in [-0.15, -0.1) is 0 Å². The van der Waals surface area contributed by atoms with Gasteiger partial charge in [-0.3, -0.25) is 15.1 Å². The van der Waals surface area contributed by atoms with Crippen molar-refractivity contribution in [2.45, 2.75) is 13.1 Å². The van der Waals surface area contributed by atoms with E-state index in [-0.39, 0.29) is 11.4 Å². The largest absolute Gasteiger partial charge is 0.450 e. The van der Waals surface area contributed by atoms with E-state index in [0.29, 0.717) is 17.3 Å². The van der Waals surface area contributed by atoms with Gasteiger partial charge in [0, 0.05) is 36.6 Å². The molecular formula is C19H16ClN3O3. The van der Waals surface area contributed by atoms with Gasteiger partial charge in [-0.1, -0.05) is 29.8 Å². The number of halogens is 1. The van der Waals surface area contributed by atoms with Crippen molar-refractivity contribution in [3.05, 3.63) is 93.3 Å². The Labute approximate surface area is 155 Å². The highest BCUT2D eigenvalue weighted by Gasteiger charge is 2.16. The number of pyridine rings is 1. The maximum absolute atomic E-state index is 11.1. The van der Waals surface area contributed by atoms with Gasteiger partial charge >= 0.3 is 5.69 Å². The number of aromatic nitrogens is 1. The van der Waals surface area contributed by atoms with Crippen molar-refractivity contribution >= 4 is 17.3 Å². The zero-order valence-corrected chi connectivity index (χ0v) is 14.5. The van der Waals surface area contributed by atoms with Crippen molar-refractivity contribution in [2.75, 3.05) is 0 Å².